The lowest BCUT2D eigenvalue weighted by Gasteiger charge is -2.52. The van der Waals surface area contributed by atoms with Crippen molar-refractivity contribution < 1.29 is 31.1 Å². The maximum Gasteiger partial charge on any atom is 0.260 e. The highest BCUT2D eigenvalue weighted by atomic mass is 79.9. The van der Waals surface area contributed by atoms with Gasteiger partial charge in [0, 0.05) is 37.7 Å². The fourth-order valence-electron chi connectivity index (χ4n) is 5.63. The fourth-order valence-corrected chi connectivity index (χ4v) is 6.74. The van der Waals surface area contributed by atoms with E-state index in [4.69, 9.17) is 16.3 Å². The number of halogens is 5. The van der Waals surface area contributed by atoms with Gasteiger partial charge in [0.25, 0.3) is 5.92 Å². The van der Waals surface area contributed by atoms with E-state index in [1.54, 1.807) is 0 Å². The van der Waals surface area contributed by atoms with Crippen LogP contribution in [-0.4, -0.2) is 73.7 Å². The number of carbonyl (C=O) groups excluding carboxylic acids is 1. The lowest BCUT2D eigenvalue weighted by molar-refractivity contribution is -0.147. The number of rotatable bonds is 2. The zero-order chi connectivity index (χ0) is 25.8. The number of benzene rings is 1. The van der Waals surface area contributed by atoms with Gasteiger partial charge in [0.15, 0.2) is 11.6 Å². The lowest BCUT2D eigenvalue weighted by Crippen LogP contribution is -2.63. The van der Waals surface area contributed by atoms with Gasteiger partial charge in [0.2, 0.25) is 20.9 Å². The van der Waals surface area contributed by atoms with Crippen LogP contribution in [0.25, 0.3) is 10.9 Å². The molecule has 0 radical (unpaired) electrons. The summed E-state index contributed by atoms with van der Waals surface area (Å²) >= 11 is 9.53. The van der Waals surface area contributed by atoms with Crippen LogP contribution in [-0.2, 0) is 14.6 Å². The second-order valence-electron chi connectivity index (χ2n) is 10.3. The molecule has 1 aliphatic carbocycles. The number of hydrogen-bond donors (Lipinski definition) is 0. The second kappa shape index (κ2) is 7.83. The van der Waals surface area contributed by atoms with Crippen LogP contribution in [0.1, 0.15) is 25.7 Å². The van der Waals surface area contributed by atoms with Crippen LogP contribution in [0.5, 0.6) is 5.75 Å². The molecule has 3 aliphatic heterocycles. The van der Waals surface area contributed by atoms with Crippen molar-refractivity contribution in [2.45, 2.75) is 42.8 Å². The van der Waals surface area contributed by atoms with Crippen LogP contribution in [0.3, 0.4) is 0 Å². The van der Waals surface area contributed by atoms with Crippen molar-refractivity contribution in [2.75, 3.05) is 37.4 Å². The largest absolute Gasteiger partial charge is 0.489 e. The van der Waals surface area contributed by atoms with E-state index in [9.17, 15) is 22.0 Å². The van der Waals surface area contributed by atoms with Gasteiger partial charge >= 0.3 is 0 Å². The maximum atomic E-state index is 15.3. The third-order valence-electron chi connectivity index (χ3n) is 7.59. The van der Waals surface area contributed by atoms with Gasteiger partial charge in [-0.1, -0.05) is 18.0 Å². The molecule has 0 N–H and O–H groups in total. The zero-order valence-electron chi connectivity index (χ0n) is 19.0. The number of amides is 1. The number of fused-ring (bicyclic) bond motifs is 2. The van der Waals surface area contributed by atoms with Gasteiger partial charge in [-0.3, -0.25) is 4.79 Å². The van der Waals surface area contributed by atoms with Gasteiger partial charge in [0.05, 0.1) is 15.9 Å². The Morgan fingerprint density at radius 1 is 1.25 bits per heavy atom. The van der Waals surface area contributed by atoms with E-state index in [1.807, 2.05) is 4.90 Å². The van der Waals surface area contributed by atoms with Crippen molar-refractivity contribution >= 4 is 60.0 Å². The predicted octanol–water partition coefficient (Wildman–Crippen LogP) is 3.82. The minimum absolute atomic E-state index is 0.00453. The van der Waals surface area contributed by atoms with Crippen LogP contribution in [0.15, 0.2) is 9.63 Å². The van der Waals surface area contributed by atoms with Gasteiger partial charge < -0.3 is 14.5 Å². The molecule has 1 aromatic carbocycles. The second-order valence-corrected chi connectivity index (χ2v) is 13.4. The van der Waals surface area contributed by atoms with E-state index in [0.717, 1.165) is 19.1 Å². The summed E-state index contributed by atoms with van der Waals surface area (Å²) in [5.74, 6) is -5.16. The normalized spacial score (nSPS) is 26.1. The van der Waals surface area contributed by atoms with Crippen LogP contribution in [0.4, 0.5) is 19.0 Å². The molecule has 6 rings (SSSR count). The molecule has 2 unspecified atom stereocenters. The van der Waals surface area contributed by atoms with E-state index in [1.165, 1.54) is 4.90 Å². The van der Waals surface area contributed by atoms with E-state index in [-0.39, 0.29) is 50.0 Å². The van der Waals surface area contributed by atoms with E-state index >= 15 is 4.39 Å². The quantitative estimate of drug-likeness (QED) is 0.378. The Balaban J connectivity index is 1.44. The first kappa shape index (κ1) is 24.5. The summed E-state index contributed by atoms with van der Waals surface area (Å²) in [6.45, 7) is 1.20. The Hall–Kier alpha value is -1.86. The predicted molar refractivity (Wildman–Crippen MR) is 128 cm³/mol. The van der Waals surface area contributed by atoms with Crippen molar-refractivity contribution in [1.82, 2.24) is 14.9 Å². The molecule has 2 atom stereocenters. The topological polar surface area (TPSA) is 92.7 Å². The van der Waals surface area contributed by atoms with Crippen LogP contribution >= 0.6 is 27.5 Å². The van der Waals surface area contributed by atoms with E-state index in [2.05, 4.69) is 25.9 Å². The molecule has 36 heavy (non-hydrogen) atoms. The molecule has 4 aliphatic rings. The molecule has 1 saturated carbocycles. The Bertz CT molecular complexity index is 1440. The van der Waals surface area contributed by atoms with Gasteiger partial charge in [-0.2, -0.15) is 0 Å². The molecule has 0 bridgehead atoms. The summed E-state index contributed by atoms with van der Waals surface area (Å²) in [5.41, 5.74) is -0.619. The smallest absolute Gasteiger partial charge is 0.260 e. The third kappa shape index (κ3) is 3.67. The Morgan fingerprint density at radius 2 is 1.94 bits per heavy atom. The number of sulfone groups is 1. The van der Waals surface area contributed by atoms with Gasteiger partial charge in [-0.25, -0.2) is 31.6 Å². The molecule has 4 heterocycles. The summed E-state index contributed by atoms with van der Waals surface area (Å²) in [6.07, 6.45) is 2.74. The highest BCUT2D eigenvalue weighted by Gasteiger charge is 2.64. The molecule has 194 valence electrons. The SMILES string of the molecule is CS(=O)(=O)c1nc2c3c(c(Cl)c(Br)c(F)c3n1)OCC1CCCC3(CN(C(=O)C4CC4(F)F)C3)CN21. The molecule has 3 fully saturated rings. The highest BCUT2D eigenvalue weighted by molar-refractivity contribution is 9.10. The average molecular weight is 610 g/mol. The third-order valence-corrected chi connectivity index (χ3v) is 9.77. The first-order valence-corrected chi connectivity index (χ1v) is 14.5. The Labute approximate surface area is 218 Å². The summed E-state index contributed by atoms with van der Waals surface area (Å²) in [6, 6.07) is -0.224. The molecule has 14 heteroatoms. The summed E-state index contributed by atoms with van der Waals surface area (Å²) < 4.78 is 73.0. The average Bonchev–Trinajstić information content (AvgIpc) is 3.50. The van der Waals surface area contributed by atoms with Gasteiger partial charge in [0.1, 0.15) is 28.9 Å². The number of ether oxygens (including phenoxy) is 1. The van der Waals surface area contributed by atoms with Crippen LogP contribution < -0.4 is 9.64 Å². The number of alkyl halides is 2. The van der Waals surface area contributed by atoms with Gasteiger partial charge in [-0.05, 0) is 28.8 Å². The van der Waals surface area contributed by atoms with Crippen LogP contribution in [0, 0.1) is 17.2 Å². The molecule has 1 aromatic heterocycles. The molecule has 1 spiro atoms. The van der Waals surface area contributed by atoms with Crippen LogP contribution in [0.2, 0.25) is 5.02 Å². The number of likely N-dealkylation sites (tertiary alicyclic amines) is 1. The fraction of sp³-hybridized carbons (Fsp3) is 0.591. The number of anilines is 1. The number of aromatic nitrogens is 2. The maximum absolute atomic E-state index is 15.3. The number of hydrogen-bond acceptors (Lipinski definition) is 7. The molecular weight excluding hydrogens is 589 g/mol. The number of carbonyl (C=O) groups is 1. The first-order valence-electron chi connectivity index (χ1n) is 11.5. The van der Waals surface area contributed by atoms with Crippen molar-refractivity contribution in [3.8, 4) is 5.75 Å². The zero-order valence-corrected chi connectivity index (χ0v) is 22.2. The standard InChI is InChI=1S/C22H21BrClF3N4O4S/c1-36(33,34)20-28-16-12-17(14(24)13(23)15(16)25)35-6-10-3-2-4-21(9-31(10)18(12)29-20)7-30(8-21)19(32)11-5-22(11,26)27/h10-11H,2-9H2,1H3. The summed E-state index contributed by atoms with van der Waals surface area (Å²) in [5, 5.41) is -0.350. The highest BCUT2D eigenvalue weighted by Crippen LogP contribution is 2.53. The van der Waals surface area contributed by atoms with E-state index in [0.29, 0.717) is 26.1 Å². The number of nitrogens with zero attached hydrogens (tertiary/aromatic N) is 4. The first-order chi connectivity index (χ1) is 16.8. The Kier molecular flexibility index (Phi) is 5.32. The summed E-state index contributed by atoms with van der Waals surface area (Å²) in [7, 11) is -3.90. The van der Waals surface area contributed by atoms with Crippen molar-refractivity contribution in [2.24, 2.45) is 11.3 Å². The minimum atomic E-state index is -3.90. The molecule has 1 amide bonds. The van der Waals surface area contributed by atoms with Gasteiger partial charge in [-0.15, -0.1) is 0 Å². The van der Waals surface area contributed by atoms with E-state index < -0.39 is 45.0 Å². The summed E-state index contributed by atoms with van der Waals surface area (Å²) in [4.78, 5) is 24.2. The lowest BCUT2D eigenvalue weighted by atomic mass is 9.75. The monoisotopic (exact) mass is 608 g/mol. The van der Waals surface area contributed by atoms with Crippen molar-refractivity contribution in [1.29, 1.82) is 0 Å². The van der Waals surface area contributed by atoms with Crippen molar-refractivity contribution in [3.63, 3.8) is 0 Å². The molecular formula is C22H21BrClF3N4O4S. The molecule has 2 aromatic rings. The van der Waals surface area contributed by atoms with Crippen molar-refractivity contribution in [3.05, 3.63) is 15.3 Å². The minimum Gasteiger partial charge on any atom is -0.489 e. The Morgan fingerprint density at radius 3 is 2.58 bits per heavy atom. The molecule has 2 saturated heterocycles. The molecule has 8 nitrogen and oxygen atoms in total.